The molecule has 0 heterocycles. The molecule has 0 fully saturated rings. The van der Waals surface area contributed by atoms with Gasteiger partial charge < -0.3 is 10.2 Å². The Morgan fingerprint density at radius 3 is 1.45 bits per heavy atom. The van der Waals surface area contributed by atoms with Crippen molar-refractivity contribution in [1.29, 1.82) is 0 Å². The van der Waals surface area contributed by atoms with Gasteiger partial charge in [0.2, 0.25) is 0 Å². The van der Waals surface area contributed by atoms with E-state index in [1.807, 2.05) is 0 Å². The van der Waals surface area contributed by atoms with Crippen LogP contribution in [0.15, 0.2) is 12.1 Å². The summed E-state index contributed by atoms with van der Waals surface area (Å²) in [7, 11) is 0. The van der Waals surface area contributed by atoms with Gasteiger partial charge in [0.1, 0.15) is 0 Å². The normalized spacial score (nSPS) is 10.9. The third kappa shape index (κ3) is 11.4. The van der Waals surface area contributed by atoms with E-state index < -0.39 is 38.9 Å². The lowest BCUT2D eigenvalue weighted by atomic mass is 9.96. The number of Topliss-reactive ketones (excluding diaryl/α,β-unsaturated/α-hetero) is 1. The highest BCUT2D eigenvalue weighted by Gasteiger charge is 2.25. The van der Waals surface area contributed by atoms with Gasteiger partial charge >= 0.3 is 11.9 Å². The first-order chi connectivity index (χ1) is 15.9. The summed E-state index contributed by atoms with van der Waals surface area (Å²) in [5, 5.41) is 18.6. The van der Waals surface area contributed by atoms with Gasteiger partial charge in [0, 0.05) is 12.0 Å². The van der Waals surface area contributed by atoms with E-state index in [0.717, 1.165) is 31.4 Å². The van der Waals surface area contributed by atoms with E-state index in [9.17, 15) is 27.7 Å². The Hall–Kier alpha value is -1.64. The van der Waals surface area contributed by atoms with Crippen LogP contribution >= 0.6 is 21.2 Å². The summed E-state index contributed by atoms with van der Waals surface area (Å²) < 4.78 is 11.6. The fourth-order valence-electron chi connectivity index (χ4n) is 4.05. The lowest BCUT2D eigenvalue weighted by molar-refractivity contribution is 0.0677. The first-order valence-electron chi connectivity index (χ1n) is 12.4. The molecule has 0 saturated heterocycles. The number of rotatable bonds is 20. The minimum Gasteiger partial charge on any atom is -0.478 e. The lowest BCUT2D eigenvalue weighted by Crippen LogP contribution is -2.14. The monoisotopic (exact) mass is 574 g/mol. The van der Waals surface area contributed by atoms with Crippen LogP contribution in [0.1, 0.15) is 141 Å². The molecule has 0 aromatic heterocycles. The Kier molecular flexibility index (Phi) is 15.8. The maximum Gasteiger partial charge on any atom is 0.336 e. The van der Waals surface area contributed by atoms with Crippen molar-refractivity contribution >= 4 is 38.9 Å². The predicted octanol–water partition coefficient (Wildman–Crippen LogP) is 8.01. The summed E-state index contributed by atoms with van der Waals surface area (Å²) in [5.74, 6) is -3.06. The molecule has 7 heteroatoms. The van der Waals surface area contributed by atoms with Crippen molar-refractivity contribution in [2.75, 3.05) is 0 Å². The van der Waals surface area contributed by atoms with Crippen molar-refractivity contribution in [3.8, 4) is 0 Å². The second kappa shape index (κ2) is 17.8. The predicted molar refractivity (Wildman–Crippen MR) is 138 cm³/mol. The van der Waals surface area contributed by atoms with Gasteiger partial charge in [-0.25, -0.2) is 9.59 Å². The number of carboxylic acids is 2. The molecule has 6 nitrogen and oxygen atoms in total. The molecule has 186 valence electrons. The minimum atomic E-state index is -2.00. The minimum absolute atomic E-state index is 0.118. The molecule has 0 radical (unpaired) electrons. The van der Waals surface area contributed by atoms with E-state index in [0.29, 0.717) is 6.42 Å². The maximum atomic E-state index is 12.7. The summed E-state index contributed by atoms with van der Waals surface area (Å²) in [6.07, 6.45) is 18.3. The largest absolute Gasteiger partial charge is 0.478 e. The summed E-state index contributed by atoms with van der Waals surface area (Å²) in [6, 6.07) is 2.23. The Balaban J connectivity index is 2.28. The van der Waals surface area contributed by atoms with Crippen LogP contribution < -0.4 is 0 Å². The van der Waals surface area contributed by atoms with Gasteiger partial charge in [-0.1, -0.05) is 96.8 Å². The van der Waals surface area contributed by atoms with E-state index in [1.54, 1.807) is 0 Å². The van der Waals surface area contributed by atoms with E-state index in [4.69, 9.17) is 0 Å². The number of carbonyl (C=O) groups is 3. The molecule has 2 N–H and O–H groups in total. The number of benzene rings is 1. The van der Waals surface area contributed by atoms with Gasteiger partial charge in [0.15, 0.2) is 27.0 Å². The second-order valence-corrected chi connectivity index (χ2v) is 10.2. The van der Waals surface area contributed by atoms with Crippen LogP contribution in [0, 0.1) is 3.57 Å². The van der Waals surface area contributed by atoms with E-state index in [-0.39, 0.29) is 26.7 Å². The number of hydrogen-bond donors (Lipinski definition) is 2. The summed E-state index contributed by atoms with van der Waals surface area (Å²) in [4.78, 5) is 35.5. The number of halogens is 1. The molecule has 0 spiro atoms. The Morgan fingerprint density at radius 2 is 1.06 bits per heavy atom. The Morgan fingerprint density at radius 1 is 0.667 bits per heavy atom. The number of carbonyl (C=O) groups excluding carboxylic acids is 1. The van der Waals surface area contributed by atoms with Crippen molar-refractivity contribution in [3.05, 3.63) is 32.4 Å². The topological polar surface area (TPSA) is 109 Å². The van der Waals surface area contributed by atoms with Crippen molar-refractivity contribution in [2.45, 2.75) is 110 Å². The first kappa shape index (κ1) is 29.4. The highest BCUT2D eigenvalue weighted by atomic mass is 127. The van der Waals surface area contributed by atoms with Crippen LogP contribution in [0.3, 0.4) is 0 Å². The highest BCUT2D eigenvalue weighted by molar-refractivity contribution is 14.1. The molecular formula is C26H39IO6. The van der Waals surface area contributed by atoms with Gasteiger partial charge in [-0.15, -0.1) is 0 Å². The molecule has 0 unspecified atom stereocenters. The summed E-state index contributed by atoms with van der Waals surface area (Å²) in [6.45, 7) is 2.24. The average Bonchev–Trinajstić information content (AvgIpc) is 2.80. The molecule has 0 amide bonds. The number of ketones is 1. The van der Waals surface area contributed by atoms with E-state index >= 15 is 0 Å². The van der Waals surface area contributed by atoms with Crippen LogP contribution in [0.4, 0.5) is 0 Å². The standard InChI is InChI=1S/C26H39IO6/c1-2-3-4-5-6-7-8-9-10-11-12-13-14-15-16-17-22(28)23-20(25(29)30)18-19-21(26(31)32)24(23)27-33/h18-19H,2-17H2,1H3,(H,29,30)(H,31,32). The van der Waals surface area contributed by atoms with Gasteiger partial charge in [-0.3, -0.25) is 7.86 Å². The Bertz CT molecular complexity index is 774. The van der Waals surface area contributed by atoms with Crippen molar-refractivity contribution in [2.24, 2.45) is 0 Å². The first-order valence-corrected chi connectivity index (χ1v) is 14.3. The number of unbranched alkanes of at least 4 members (excludes halogenated alkanes) is 14. The third-order valence-corrected chi connectivity index (χ3v) is 7.53. The highest BCUT2D eigenvalue weighted by Crippen LogP contribution is 2.27. The number of carboxylic acid groups (broad SMARTS) is 2. The van der Waals surface area contributed by atoms with Crippen molar-refractivity contribution < 1.29 is 27.7 Å². The van der Waals surface area contributed by atoms with Crippen LogP contribution in [-0.4, -0.2) is 27.9 Å². The summed E-state index contributed by atoms with van der Waals surface area (Å²) in [5.41, 5.74) is -0.699. The van der Waals surface area contributed by atoms with Gasteiger partial charge in [0.05, 0.1) is 14.7 Å². The zero-order valence-corrected chi connectivity index (χ0v) is 22.0. The summed E-state index contributed by atoms with van der Waals surface area (Å²) >= 11 is -2.00. The van der Waals surface area contributed by atoms with Crippen molar-refractivity contribution in [3.63, 3.8) is 0 Å². The third-order valence-electron chi connectivity index (χ3n) is 5.97. The van der Waals surface area contributed by atoms with Crippen LogP contribution in [0.2, 0.25) is 0 Å². The molecule has 0 aliphatic carbocycles. The fourth-order valence-corrected chi connectivity index (χ4v) is 5.51. The Labute approximate surface area is 208 Å². The fraction of sp³-hybridized carbons (Fsp3) is 0.654. The molecule has 1 aromatic rings. The van der Waals surface area contributed by atoms with Crippen molar-refractivity contribution in [1.82, 2.24) is 0 Å². The lowest BCUT2D eigenvalue weighted by Gasteiger charge is -2.10. The molecule has 0 atom stereocenters. The number of aromatic carboxylic acids is 2. The molecule has 1 aromatic carbocycles. The molecule has 0 bridgehead atoms. The van der Waals surface area contributed by atoms with Gasteiger partial charge in [-0.05, 0) is 18.6 Å². The zero-order chi connectivity index (χ0) is 24.5. The van der Waals surface area contributed by atoms with E-state index in [2.05, 4.69) is 6.92 Å². The molecule has 33 heavy (non-hydrogen) atoms. The zero-order valence-electron chi connectivity index (χ0n) is 19.9. The van der Waals surface area contributed by atoms with E-state index in [1.165, 1.54) is 70.6 Å². The molecule has 1 rings (SSSR count). The average molecular weight is 574 g/mol. The number of hydrogen-bond acceptors (Lipinski definition) is 4. The van der Waals surface area contributed by atoms with Crippen LogP contribution in [0.5, 0.6) is 0 Å². The smallest absolute Gasteiger partial charge is 0.336 e. The SMILES string of the molecule is CCCCCCCCCCCCCCCCCC(=O)c1c(C(=O)O)ccc(C(=O)O)c1I=O. The van der Waals surface area contributed by atoms with Crippen LogP contribution in [0.25, 0.3) is 0 Å². The molecular weight excluding hydrogens is 535 g/mol. The quantitative estimate of drug-likeness (QED) is 0.0928. The van der Waals surface area contributed by atoms with Gasteiger partial charge in [0.25, 0.3) is 0 Å². The van der Waals surface area contributed by atoms with Gasteiger partial charge in [-0.2, -0.15) is 0 Å². The maximum absolute atomic E-state index is 12.7. The molecule has 0 aliphatic heterocycles. The second-order valence-electron chi connectivity index (χ2n) is 8.66. The molecule has 0 saturated carbocycles. The molecule has 0 aliphatic rings. The van der Waals surface area contributed by atoms with Crippen LogP contribution in [-0.2, 0) is 3.07 Å².